The maximum absolute atomic E-state index is 14.0. The number of aryl methyl sites for hydroxylation is 2. The third kappa shape index (κ3) is 15.9. The number of aliphatic hydroxyl groups is 1. The van der Waals surface area contributed by atoms with Crippen LogP contribution in [0.4, 0.5) is 15.5 Å². The number of thiophene rings is 1. The molecule has 2 aliphatic rings. The Hall–Kier alpha value is -6.43. The lowest BCUT2D eigenvalue weighted by Crippen LogP contribution is -2.58. The van der Waals surface area contributed by atoms with Crippen LogP contribution in [0.3, 0.4) is 0 Å². The molecule has 1 fully saturated rings. The van der Waals surface area contributed by atoms with Gasteiger partial charge in [0, 0.05) is 49.1 Å². The molecular formula is C56H77N10O10S2+. The van der Waals surface area contributed by atoms with E-state index in [9.17, 15) is 34.5 Å². The molecule has 0 aliphatic carbocycles. The SMILES string of the molecule is CC[C@@H](C(=O)NCCOCCOCCOCC(=O)N[C@H](C(=O)N1C[C@H](O)C[C@H]1C(=O)NCc1ccc(-c2scnc2C)cc1)C(C)(C)C)C1N=C(c2ccc(NC(=O)OC(C)(C)C)cc2)c2c(sc(C)c2C)/[N+](=C(\C)N)C1=N. The largest absolute Gasteiger partial charge is 0.444 e. The number of nitrogens with two attached hydrogens (primary N) is 1. The average Bonchev–Trinajstić information content (AvgIpc) is 4.06. The predicted molar refractivity (Wildman–Crippen MR) is 303 cm³/mol. The average molecular weight is 1110 g/mol. The molecule has 2 aliphatic heterocycles. The molecule has 0 saturated carbocycles. The Kier molecular flexibility index (Phi) is 21.0. The molecule has 1 unspecified atom stereocenters. The van der Waals surface area contributed by atoms with Crippen LogP contribution < -0.4 is 27.0 Å². The van der Waals surface area contributed by atoms with E-state index in [4.69, 9.17) is 29.7 Å². The number of fused-ring (bicyclic) bond motifs is 1. The van der Waals surface area contributed by atoms with Gasteiger partial charge in [-0.3, -0.25) is 29.5 Å². The number of nitrogens with zero attached hydrogens (tertiary/aromatic N) is 4. The molecule has 0 bridgehead atoms. The maximum Gasteiger partial charge on any atom is 0.412 e. The Morgan fingerprint density at radius 3 is 2.15 bits per heavy atom. The summed E-state index contributed by atoms with van der Waals surface area (Å²) in [6, 6.07) is 12.2. The summed E-state index contributed by atoms with van der Waals surface area (Å²) >= 11 is 3.07. The van der Waals surface area contributed by atoms with E-state index >= 15 is 0 Å². The number of aliphatic hydroxyl groups excluding tert-OH is 1. The third-order valence-electron chi connectivity index (χ3n) is 13.1. The lowest BCUT2D eigenvalue weighted by atomic mass is 9.85. The second kappa shape index (κ2) is 27.0. The summed E-state index contributed by atoms with van der Waals surface area (Å²) in [5.41, 5.74) is 13.4. The first kappa shape index (κ1) is 60.8. The van der Waals surface area contributed by atoms with Crippen LogP contribution in [0, 0.1) is 37.5 Å². The van der Waals surface area contributed by atoms with Crippen molar-refractivity contribution in [1.29, 1.82) is 5.41 Å². The van der Waals surface area contributed by atoms with Crippen molar-refractivity contribution in [3.05, 3.63) is 86.9 Å². The zero-order valence-electron chi connectivity index (χ0n) is 46.7. The van der Waals surface area contributed by atoms with Gasteiger partial charge in [-0.25, -0.2) is 9.78 Å². The number of amidine groups is 2. The van der Waals surface area contributed by atoms with Crippen molar-refractivity contribution in [2.24, 2.45) is 22.1 Å². The first-order chi connectivity index (χ1) is 36.9. The van der Waals surface area contributed by atoms with Crippen LogP contribution in [0.2, 0.25) is 0 Å². The van der Waals surface area contributed by atoms with Crippen LogP contribution >= 0.6 is 22.7 Å². The number of β-amino-alcohol motifs (C(OH)–C–C–N with tert-alkyl or cyclic N) is 1. The summed E-state index contributed by atoms with van der Waals surface area (Å²) in [5.74, 6) is -1.96. The normalized spacial score (nSPS) is 18.1. The van der Waals surface area contributed by atoms with Gasteiger partial charge in [-0.1, -0.05) is 64.1 Å². The summed E-state index contributed by atoms with van der Waals surface area (Å²) in [4.78, 5) is 80.0. The molecule has 8 N–H and O–H groups in total. The van der Waals surface area contributed by atoms with Crippen molar-refractivity contribution < 1.29 is 52.6 Å². The van der Waals surface area contributed by atoms with Crippen molar-refractivity contribution in [2.75, 3.05) is 58.0 Å². The summed E-state index contributed by atoms with van der Waals surface area (Å²) < 4.78 is 24.0. The molecule has 0 spiro atoms. The molecule has 2 aromatic carbocycles. The number of aromatic nitrogens is 1. The van der Waals surface area contributed by atoms with Crippen LogP contribution in [0.1, 0.15) is 101 Å². The number of anilines is 1. The van der Waals surface area contributed by atoms with Crippen LogP contribution in [0.15, 0.2) is 59.0 Å². The minimum atomic E-state index is -1.00. The van der Waals surface area contributed by atoms with Crippen LogP contribution in [-0.4, -0.2) is 149 Å². The standard InChI is InChI=1S/C56H76N10O10S2/c1-12-41(46-49(58)66(35(5)57)53-44(32(2)34(4)78-53)45(64-46)37-17-19-39(20-18-37)62-54(72)76-56(9,10)11)50(69)59-21-22-73-23-24-74-25-26-75-30-43(68)63-48(55(6,7)8)52(71)65-29-40(67)27-42(65)51(70)60-28-36-13-15-38(16-14-36)47-33(3)61-31-77-47/h13-20,31,40-42,46,48,57-58,67H,12,21-30H2,1-11H3,(H4,59,60,62,63,64,68,69,70,72)/p+1/t40-,41-,42+,46?,48-/m1/s1. The Morgan fingerprint density at radius 2 is 1.55 bits per heavy atom. The summed E-state index contributed by atoms with van der Waals surface area (Å²) in [5, 5.41) is 32.2. The van der Waals surface area contributed by atoms with E-state index in [0.29, 0.717) is 23.7 Å². The minimum Gasteiger partial charge on any atom is -0.444 e. The molecular weight excluding hydrogens is 1040 g/mol. The van der Waals surface area contributed by atoms with Gasteiger partial charge in [-0.2, -0.15) is 9.98 Å². The van der Waals surface area contributed by atoms with Gasteiger partial charge in [0.15, 0.2) is 16.9 Å². The van der Waals surface area contributed by atoms with Crippen LogP contribution in [0.25, 0.3) is 10.4 Å². The number of amides is 5. The molecule has 6 rings (SSSR count). The second-order valence-electron chi connectivity index (χ2n) is 21.5. The number of benzene rings is 2. The first-order valence-electron chi connectivity index (χ1n) is 26.2. The number of hydrogen-bond donors (Lipinski definition) is 7. The van der Waals surface area contributed by atoms with Crippen molar-refractivity contribution >= 4 is 80.5 Å². The van der Waals surface area contributed by atoms with Gasteiger partial charge >= 0.3 is 6.09 Å². The zero-order valence-corrected chi connectivity index (χ0v) is 48.3. The smallest absolute Gasteiger partial charge is 0.412 e. The summed E-state index contributed by atoms with van der Waals surface area (Å²) in [7, 11) is 0. The molecule has 22 heteroatoms. The first-order valence-corrected chi connectivity index (χ1v) is 27.9. The topological polar surface area (TPSA) is 272 Å². The summed E-state index contributed by atoms with van der Waals surface area (Å²) in [6.07, 6.45) is -1.03. The van der Waals surface area contributed by atoms with Gasteiger partial charge < -0.3 is 50.6 Å². The fourth-order valence-electron chi connectivity index (χ4n) is 9.05. The quantitative estimate of drug-likeness (QED) is 0.0257. The van der Waals surface area contributed by atoms with Crippen molar-refractivity contribution in [3.63, 3.8) is 0 Å². The van der Waals surface area contributed by atoms with Gasteiger partial charge in [-0.15, -0.1) is 22.7 Å². The molecule has 78 heavy (non-hydrogen) atoms. The molecule has 5 amide bonds. The number of hydrogen-bond acceptors (Lipinski definition) is 15. The lowest BCUT2D eigenvalue weighted by molar-refractivity contribution is -0.309. The predicted octanol–water partition coefficient (Wildman–Crippen LogP) is 6.36. The highest BCUT2D eigenvalue weighted by atomic mass is 32.1. The van der Waals surface area contributed by atoms with Gasteiger partial charge in [-0.05, 0) is 82.2 Å². The highest BCUT2D eigenvalue weighted by Crippen LogP contribution is 2.40. The summed E-state index contributed by atoms with van der Waals surface area (Å²) in [6.45, 7) is 21.3. The van der Waals surface area contributed by atoms with Gasteiger partial charge in [0.25, 0.3) is 5.84 Å². The Bertz CT molecular complexity index is 2850. The van der Waals surface area contributed by atoms with Crippen molar-refractivity contribution in [3.8, 4) is 10.4 Å². The Balaban J connectivity index is 0.933. The molecule has 422 valence electrons. The maximum atomic E-state index is 14.0. The third-order valence-corrected chi connectivity index (χ3v) is 15.3. The number of aliphatic imine (C=N–C) groups is 1. The number of ether oxygens (including phenoxy) is 4. The van der Waals surface area contributed by atoms with Crippen LogP contribution in [0.5, 0.6) is 0 Å². The molecule has 4 aromatic rings. The molecule has 0 radical (unpaired) electrons. The molecule has 1 saturated heterocycles. The van der Waals surface area contributed by atoms with Gasteiger partial charge in [0.2, 0.25) is 23.6 Å². The van der Waals surface area contributed by atoms with E-state index in [1.165, 1.54) is 16.2 Å². The van der Waals surface area contributed by atoms with E-state index in [-0.39, 0.29) is 77.4 Å². The van der Waals surface area contributed by atoms with Gasteiger partial charge in [0.05, 0.1) is 72.4 Å². The number of rotatable bonds is 22. The van der Waals surface area contributed by atoms with Crippen LogP contribution in [-0.2, 0) is 44.7 Å². The highest BCUT2D eigenvalue weighted by Gasteiger charge is 2.45. The fourth-order valence-corrected chi connectivity index (χ4v) is 11.1. The number of nitrogens with one attached hydrogen (secondary N) is 5. The monoisotopic (exact) mass is 1110 g/mol. The number of likely N-dealkylation sites (tertiary alicyclic amines) is 1. The van der Waals surface area contributed by atoms with E-state index in [0.717, 1.165) is 48.3 Å². The number of thiazole rings is 1. The Labute approximate surface area is 465 Å². The fraction of sp³-hybridized carbons (Fsp3) is 0.518. The highest BCUT2D eigenvalue weighted by molar-refractivity contribution is 7.16. The van der Waals surface area contributed by atoms with Crippen molar-refractivity contribution in [2.45, 2.75) is 125 Å². The Morgan fingerprint density at radius 1 is 0.910 bits per heavy atom. The van der Waals surface area contributed by atoms with Gasteiger partial charge in [0.1, 0.15) is 24.3 Å². The van der Waals surface area contributed by atoms with E-state index < -0.39 is 65.0 Å². The lowest BCUT2D eigenvalue weighted by Gasteiger charge is -2.35. The molecule has 4 heterocycles. The molecule has 2 aromatic heterocycles. The molecule has 5 atom stereocenters. The molecule has 20 nitrogen and oxygen atoms in total. The minimum absolute atomic E-state index is 0.0427. The zero-order chi connectivity index (χ0) is 57.1. The van der Waals surface area contributed by atoms with E-state index in [2.05, 4.69) is 26.3 Å². The number of carbonyl (C=O) groups excluding carboxylic acids is 5. The van der Waals surface area contributed by atoms with E-state index in [1.807, 2.05) is 84.9 Å². The number of carbonyl (C=O) groups is 5. The van der Waals surface area contributed by atoms with E-state index in [1.54, 1.807) is 61.3 Å². The van der Waals surface area contributed by atoms with Crippen molar-refractivity contribution in [1.82, 2.24) is 25.8 Å². The second-order valence-corrected chi connectivity index (χ2v) is 23.5.